The van der Waals surface area contributed by atoms with E-state index in [2.05, 4.69) is 9.97 Å². The first-order valence-corrected chi connectivity index (χ1v) is 6.44. The Bertz CT molecular complexity index is 548. The topological polar surface area (TPSA) is 51.8 Å². The summed E-state index contributed by atoms with van der Waals surface area (Å²) in [6.45, 7) is 1.88. The first-order valence-electron chi connectivity index (χ1n) is 5.56. The third kappa shape index (κ3) is 3.51. The van der Waals surface area contributed by atoms with Crippen molar-refractivity contribution in [2.24, 2.45) is 5.73 Å². The molecule has 1 atom stereocenters. The van der Waals surface area contributed by atoms with Crippen molar-refractivity contribution in [1.82, 2.24) is 9.97 Å². The zero-order valence-corrected chi connectivity index (χ0v) is 10.9. The van der Waals surface area contributed by atoms with E-state index in [4.69, 9.17) is 5.73 Å². The molecule has 0 fully saturated rings. The Labute approximate surface area is 112 Å². The van der Waals surface area contributed by atoms with Gasteiger partial charge in [-0.2, -0.15) is 13.2 Å². The summed E-state index contributed by atoms with van der Waals surface area (Å²) in [6, 6.07) is 1.85. The maximum Gasteiger partial charge on any atom is 0.417 e. The molecule has 2 rings (SSSR count). The number of hydrogen-bond acceptors (Lipinski definition) is 4. The number of nitrogens with zero attached hydrogens (tertiary/aromatic N) is 2. The Morgan fingerprint density at radius 1 is 1.37 bits per heavy atom. The Kier molecular flexibility index (Phi) is 3.86. The van der Waals surface area contributed by atoms with Gasteiger partial charge >= 0.3 is 6.18 Å². The van der Waals surface area contributed by atoms with Crippen LogP contribution in [0.25, 0.3) is 0 Å². The van der Waals surface area contributed by atoms with Crippen LogP contribution in [-0.4, -0.2) is 9.97 Å². The summed E-state index contributed by atoms with van der Waals surface area (Å²) in [7, 11) is 0. The zero-order chi connectivity index (χ0) is 14.0. The van der Waals surface area contributed by atoms with Gasteiger partial charge in [0.05, 0.1) is 28.0 Å². The van der Waals surface area contributed by atoms with E-state index in [1.54, 1.807) is 0 Å². The quantitative estimate of drug-likeness (QED) is 0.943. The number of aromatic nitrogens is 2. The molecule has 3 nitrogen and oxygen atoms in total. The van der Waals surface area contributed by atoms with Crippen LogP contribution in [0.1, 0.15) is 28.0 Å². The third-order valence-corrected chi connectivity index (χ3v) is 3.41. The van der Waals surface area contributed by atoms with Crippen LogP contribution >= 0.6 is 11.3 Å². The molecule has 0 amide bonds. The van der Waals surface area contributed by atoms with Gasteiger partial charge in [0.2, 0.25) is 0 Å². The first-order chi connectivity index (χ1) is 8.86. The minimum absolute atomic E-state index is 0.429. The van der Waals surface area contributed by atoms with Gasteiger partial charge in [0, 0.05) is 18.0 Å². The van der Waals surface area contributed by atoms with Crippen molar-refractivity contribution in [3.05, 3.63) is 45.7 Å². The van der Waals surface area contributed by atoms with E-state index in [9.17, 15) is 13.2 Å². The molecule has 2 heterocycles. The molecule has 19 heavy (non-hydrogen) atoms. The van der Waals surface area contributed by atoms with Crippen LogP contribution in [-0.2, 0) is 12.6 Å². The van der Waals surface area contributed by atoms with Crippen molar-refractivity contribution >= 4 is 11.3 Å². The van der Waals surface area contributed by atoms with Crippen LogP contribution in [0.2, 0.25) is 0 Å². The fourth-order valence-electron chi connectivity index (χ4n) is 1.62. The largest absolute Gasteiger partial charge is 0.417 e. The zero-order valence-electron chi connectivity index (χ0n) is 10.1. The van der Waals surface area contributed by atoms with Crippen molar-refractivity contribution in [3.8, 4) is 0 Å². The number of pyridine rings is 1. The smallest absolute Gasteiger partial charge is 0.322 e. The van der Waals surface area contributed by atoms with E-state index in [0.29, 0.717) is 12.1 Å². The van der Waals surface area contributed by atoms with Gasteiger partial charge in [0.1, 0.15) is 0 Å². The van der Waals surface area contributed by atoms with E-state index >= 15 is 0 Å². The molecular formula is C12H12F3N3S. The maximum absolute atomic E-state index is 12.4. The molecule has 0 spiro atoms. The summed E-state index contributed by atoms with van der Waals surface area (Å²) in [5, 5.41) is 2.82. The van der Waals surface area contributed by atoms with Crippen molar-refractivity contribution < 1.29 is 13.2 Å². The van der Waals surface area contributed by atoms with E-state index in [0.717, 1.165) is 23.0 Å². The van der Waals surface area contributed by atoms with E-state index in [-0.39, 0.29) is 0 Å². The highest BCUT2D eigenvalue weighted by molar-refractivity contribution is 7.09. The molecule has 0 aliphatic rings. The molecule has 0 radical (unpaired) electrons. The van der Waals surface area contributed by atoms with Gasteiger partial charge in [-0.25, -0.2) is 4.98 Å². The van der Waals surface area contributed by atoms with Crippen molar-refractivity contribution in [1.29, 1.82) is 0 Å². The molecule has 2 N–H and O–H groups in total. The van der Waals surface area contributed by atoms with Crippen LogP contribution in [0, 0.1) is 6.92 Å². The van der Waals surface area contributed by atoms with Gasteiger partial charge in [-0.3, -0.25) is 4.98 Å². The highest BCUT2D eigenvalue weighted by Crippen LogP contribution is 2.29. The van der Waals surface area contributed by atoms with Crippen LogP contribution < -0.4 is 5.73 Å². The van der Waals surface area contributed by atoms with Crippen molar-refractivity contribution in [3.63, 3.8) is 0 Å². The van der Waals surface area contributed by atoms with E-state index < -0.39 is 17.8 Å². The molecule has 7 heteroatoms. The Morgan fingerprint density at radius 2 is 2.11 bits per heavy atom. The lowest BCUT2D eigenvalue weighted by atomic mass is 10.1. The Hall–Kier alpha value is -1.47. The number of rotatable bonds is 3. The van der Waals surface area contributed by atoms with E-state index in [1.807, 2.05) is 12.3 Å². The Balaban J connectivity index is 2.09. The second-order valence-corrected chi connectivity index (χ2v) is 5.20. The summed E-state index contributed by atoms with van der Waals surface area (Å²) in [6.07, 6.45) is -3.11. The fourth-order valence-corrected chi connectivity index (χ4v) is 2.25. The SMILES string of the molecule is Cc1nc(CC(N)c2ccc(C(F)(F)F)cn2)cs1. The molecule has 1 unspecified atom stereocenters. The summed E-state index contributed by atoms with van der Waals surface area (Å²) in [4.78, 5) is 8.04. The van der Waals surface area contributed by atoms with Gasteiger partial charge in [0.15, 0.2) is 0 Å². The molecule has 0 saturated heterocycles. The van der Waals surface area contributed by atoms with Gasteiger partial charge in [0.25, 0.3) is 0 Å². The van der Waals surface area contributed by atoms with Gasteiger partial charge in [-0.05, 0) is 19.1 Å². The summed E-state index contributed by atoms with van der Waals surface area (Å²) >= 11 is 1.51. The van der Waals surface area contributed by atoms with Crippen LogP contribution in [0.4, 0.5) is 13.2 Å². The van der Waals surface area contributed by atoms with E-state index in [1.165, 1.54) is 17.4 Å². The highest BCUT2D eigenvalue weighted by Gasteiger charge is 2.30. The highest BCUT2D eigenvalue weighted by atomic mass is 32.1. The molecule has 102 valence electrons. The number of alkyl halides is 3. The minimum Gasteiger partial charge on any atom is -0.322 e. The standard InChI is InChI=1S/C12H12F3N3S/c1-7-18-9(6-19-7)4-10(16)11-3-2-8(5-17-11)12(13,14)15/h2-3,5-6,10H,4,16H2,1H3. The normalized spacial score (nSPS) is 13.5. The minimum atomic E-state index is -4.37. The molecule has 2 aromatic rings. The first kappa shape index (κ1) is 14.0. The average Bonchev–Trinajstić information content (AvgIpc) is 2.74. The Morgan fingerprint density at radius 3 is 2.58 bits per heavy atom. The molecule has 0 aromatic carbocycles. The van der Waals surface area contributed by atoms with Gasteiger partial charge in [-0.15, -0.1) is 11.3 Å². The number of thiazole rings is 1. The monoisotopic (exact) mass is 287 g/mol. The maximum atomic E-state index is 12.4. The van der Waals surface area contributed by atoms with Crippen molar-refractivity contribution in [2.75, 3.05) is 0 Å². The lowest BCUT2D eigenvalue weighted by molar-refractivity contribution is -0.137. The molecule has 0 saturated carbocycles. The molecule has 0 aliphatic carbocycles. The number of hydrogen-bond donors (Lipinski definition) is 1. The molecular weight excluding hydrogens is 275 g/mol. The summed E-state index contributed by atoms with van der Waals surface area (Å²) in [5.74, 6) is 0. The molecule has 0 aliphatic heterocycles. The lowest BCUT2D eigenvalue weighted by Gasteiger charge is -2.11. The average molecular weight is 287 g/mol. The van der Waals surface area contributed by atoms with Crippen molar-refractivity contribution in [2.45, 2.75) is 25.6 Å². The fraction of sp³-hybridized carbons (Fsp3) is 0.333. The number of nitrogens with two attached hydrogens (primary N) is 1. The predicted octanol–water partition coefficient (Wildman–Crippen LogP) is 3.11. The molecule has 2 aromatic heterocycles. The summed E-state index contributed by atoms with van der Waals surface area (Å²) in [5.41, 5.74) is 6.41. The molecule has 0 bridgehead atoms. The van der Waals surface area contributed by atoms with Crippen LogP contribution in [0.3, 0.4) is 0 Å². The third-order valence-electron chi connectivity index (χ3n) is 2.59. The van der Waals surface area contributed by atoms with Crippen LogP contribution in [0.15, 0.2) is 23.7 Å². The van der Waals surface area contributed by atoms with Gasteiger partial charge < -0.3 is 5.73 Å². The predicted molar refractivity (Wildman–Crippen MR) is 66.7 cm³/mol. The lowest BCUT2D eigenvalue weighted by Crippen LogP contribution is -2.16. The van der Waals surface area contributed by atoms with Gasteiger partial charge in [-0.1, -0.05) is 0 Å². The number of aryl methyl sites for hydroxylation is 1. The second kappa shape index (κ2) is 5.26. The number of halogens is 3. The second-order valence-electron chi connectivity index (χ2n) is 4.14. The van der Waals surface area contributed by atoms with Crippen LogP contribution in [0.5, 0.6) is 0 Å². The summed E-state index contributed by atoms with van der Waals surface area (Å²) < 4.78 is 37.2.